The molecule has 0 bridgehead atoms. The molecule has 22 heavy (non-hydrogen) atoms. The molecule has 3 nitrogen and oxygen atoms in total. The molecule has 122 valence electrons. The highest BCUT2D eigenvalue weighted by Crippen LogP contribution is 2.33. The Morgan fingerprint density at radius 2 is 1.95 bits per heavy atom. The summed E-state index contributed by atoms with van der Waals surface area (Å²) in [6.07, 6.45) is 2.88. The van der Waals surface area contributed by atoms with Crippen LogP contribution in [0, 0.1) is 5.92 Å². The zero-order valence-corrected chi connectivity index (χ0v) is 14.8. The van der Waals surface area contributed by atoms with Crippen LogP contribution < -0.4 is 9.47 Å². The van der Waals surface area contributed by atoms with E-state index in [2.05, 4.69) is 18.0 Å². The highest BCUT2D eigenvalue weighted by Gasteiger charge is 2.19. The Bertz CT molecular complexity index is 581. The molecule has 1 aromatic heterocycles. The van der Waals surface area contributed by atoms with E-state index in [0.29, 0.717) is 12.5 Å². The van der Waals surface area contributed by atoms with E-state index in [1.807, 2.05) is 52.9 Å². The SMILES string of the molecule is CC.CC.CCOc1ccc2ncc3c(c2c1)CC(C)CO3. The Kier molecular flexibility index (Phi) is 7.72. The Labute approximate surface area is 134 Å². The number of fused-ring (bicyclic) bond motifs is 3. The smallest absolute Gasteiger partial charge is 0.141 e. The maximum atomic E-state index is 5.74. The van der Waals surface area contributed by atoms with Crippen molar-refractivity contribution in [3.8, 4) is 11.5 Å². The van der Waals surface area contributed by atoms with Crippen molar-refractivity contribution in [2.24, 2.45) is 5.92 Å². The van der Waals surface area contributed by atoms with Crippen LogP contribution in [0.3, 0.4) is 0 Å². The normalized spacial score (nSPS) is 15.5. The average Bonchev–Trinajstić information content (AvgIpc) is 2.59. The first-order valence-corrected chi connectivity index (χ1v) is 8.45. The number of pyridine rings is 1. The van der Waals surface area contributed by atoms with E-state index in [1.54, 1.807) is 0 Å². The lowest BCUT2D eigenvalue weighted by atomic mass is 9.95. The van der Waals surface area contributed by atoms with Crippen LogP contribution in [-0.2, 0) is 6.42 Å². The molecule has 2 heterocycles. The number of hydrogen-bond donors (Lipinski definition) is 0. The Balaban J connectivity index is 0.000000561. The molecule has 0 saturated carbocycles. The zero-order valence-electron chi connectivity index (χ0n) is 14.8. The molecule has 1 aliphatic rings. The number of nitrogens with zero attached hydrogens (tertiary/aromatic N) is 1. The summed E-state index contributed by atoms with van der Waals surface area (Å²) >= 11 is 0. The first-order valence-electron chi connectivity index (χ1n) is 8.45. The minimum Gasteiger partial charge on any atom is -0.494 e. The summed E-state index contributed by atoms with van der Waals surface area (Å²) in [4.78, 5) is 4.44. The van der Waals surface area contributed by atoms with Crippen molar-refractivity contribution in [3.63, 3.8) is 0 Å². The van der Waals surface area contributed by atoms with Crippen LogP contribution >= 0.6 is 0 Å². The molecule has 0 spiro atoms. The average molecular weight is 303 g/mol. The van der Waals surface area contributed by atoms with Gasteiger partial charge in [0, 0.05) is 10.9 Å². The van der Waals surface area contributed by atoms with E-state index in [0.717, 1.165) is 35.4 Å². The van der Waals surface area contributed by atoms with Crippen LogP contribution in [0.1, 0.15) is 47.1 Å². The third-order valence-corrected chi connectivity index (χ3v) is 3.30. The molecule has 1 aromatic carbocycles. The topological polar surface area (TPSA) is 31.4 Å². The summed E-state index contributed by atoms with van der Waals surface area (Å²) in [5.74, 6) is 2.38. The van der Waals surface area contributed by atoms with E-state index >= 15 is 0 Å². The quantitative estimate of drug-likeness (QED) is 0.758. The van der Waals surface area contributed by atoms with E-state index in [4.69, 9.17) is 9.47 Å². The standard InChI is InChI=1S/C15H17NO2.2C2H6/c1-3-17-11-4-5-14-12(7-11)13-6-10(2)9-18-15(13)8-16-14;2*1-2/h4-5,7-8,10H,3,6,9H2,1-2H3;2*1-2H3. The van der Waals surface area contributed by atoms with Crippen molar-refractivity contribution >= 4 is 10.9 Å². The zero-order chi connectivity index (χ0) is 16.5. The molecule has 0 N–H and O–H groups in total. The van der Waals surface area contributed by atoms with Crippen LogP contribution in [0.15, 0.2) is 24.4 Å². The molecule has 2 aromatic rings. The van der Waals surface area contributed by atoms with Gasteiger partial charge in [-0.1, -0.05) is 34.6 Å². The molecule has 3 heteroatoms. The Morgan fingerprint density at radius 3 is 2.64 bits per heavy atom. The van der Waals surface area contributed by atoms with E-state index in [1.165, 1.54) is 5.56 Å². The molecular formula is C19H29NO2. The van der Waals surface area contributed by atoms with Gasteiger partial charge < -0.3 is 9.47 Å². The fourth-order valence-corrected chi connectivity index (χ4v) is 2.44. The minimum absolute atomic E-state index is 0.554. The van der Waals surface area contributed by atoms with Gasteiger partial charge in [0.05, 0.1) is 24.9 Å². The predicted octanol–water partition coefficient (Wildman–Crippen LogP) is 5.26. The molecule has 0 aliphatic carbocycles. The molecule has 1 atom stereocenters. The van der Waals surface area contributed by atoms with Gasteiger partial charge in [-0.25, -0.2) is 0 Å². The van der Waals surface area contributed by atoms with Gasteiger partial charge in [-0.3, -0.25) is 4.98 Å². The largest absolute Gasteiger partial charge is 0.494 e. The second-order valence-corrected chi connectivity index (χ2v) is 4.83. The number of rotatable bonds is 2. The van der Waals surface area contributed by atoms with Gasteiger partial charge in [0.1, 0.15) is 11.5 Å². The Hall–Kier alpha value is -1.77. The van der Waals surface area contributed by atoms with E-state index in [9.17, 15) is 0 Å². The molecule has 0 amide bonds. The highest BCUT2D eigenvalue weighted by atomic mass is 16.5. The minimum atomic E-state index is 0.554. The molecular weight excluding hydrogens is 274 g/mol. The first-order chi connectivity index (χ1) is 10.8. The van der Waals surface area contributed by atoms with Crippen LogP contribution in [0.4, 0.5) is 0 Å². The maximum Gasteiger partial charge on any atom is 0.141 e. The van der Waals surface area contributed by atoms with Crippen LogP contribution in [0.2, 0.25) is 0 Å². The number of ether oxygens (including phenoxy) is 2. The summed E-state index contributed by atoms with van der Waals surface area (Å²) in [7, 11) is 0. The predicted molar refractivity (Wildman–Crippen MR) is 94.0 cm³/mol. The summed E-state index contributed by atoms with van der Waals surface area (Å²) < 4.78 is 11.3. The molecule has 0 radical (unpaired) electrons. The monoisotopic (exact) mass is 303 g/mol. The molecule has 0 fully saturated rings. The van der Waals surface area contributed by atoms with Crippen molar-refractivity contribution in [2.75, 3.05) is 13.2 Å². The van der Waals surface area contributed by atoms with Crippen molar-refractivity contribution < 1.29 is 9.47 Å². The number of benzene rings is 1. The molecule has 0 saturated heterocycles. The lowest BCUT2D eigenvalue weighted by Gasteiger charge is -2.23. The van der Waals surface area contributed by atoms with Crippen LogP contribution in [-0.4, -0.2) is 18.2 Å². The first kappa shape index (κ1) is 18.3. The lowest BCUT2D eigenvalue weighted by molar-refractivity contribution is 0.234. The van der Waals surface area contributed by atoms with Gasteiger partial charge in [-0.05, 0) is 37.5 Å². The van der Waals surface area contributed by atoms with E-state index in [-0.39, 0.29) is 0 Å². The fourth-order valence-electron chi connectivity index (χ4n) is 2.44. The van der Waals surface area contributed by atoms with Gasteiger partial charge in [-0.15, -0.1) is 0 Å². The number of aromatic nitrogens is 1. The van der Waals surface area contributed by atoms with Gasteiger partial charge in [0.15, 0.2) is 0 Å². The van der Waals surface area contributed by atoms with Gasteiger partial charge in [0.25, 0.3) is 0 Å². The Morgan fingerprint density at radius 1 is 1.23 bits per heavy atom. The summed E-state index contributed by atoms with van der Waals surface area (Å²) in [6, 6.07) is 6.06. The van der Waals surface area contributed by atoms with Crippen LogP contribution in [0.5, 0.6) is 11.5 Å². The summed E-state index contributed by atoms with van der Waals surface area (Å²) in [6.45, 7) is 13.7. The lowest BCUT2D eigenvalue weighted by Crippen LogP contribution is -2.18. The second-order valence-electron chi connectivity index (χ2n) is 4.83. The highest BCUT2D eigenvalue weighted by molar-refractivity contribution is 5.85. The maximum absolute atomic E-state index is 5.74. The van der Waals surface area contributed by atoms with Crippen molar-refractivity contribution in [3.05, 3.63) is 30.0 Å². The van der Waals surface area contributed by atoms with Crippen molar-refractivity contribution in [1.82, 2.24) is 4.98 Å². The number of hydrogen-bond acceptors (Lipinski definition) is 3. The molecule has 1 aliphatic heterocycles. The molecule has 1 unspecified atom stereocenters. The summed E-state index contributed by atoms with van der Waals surface area (Å²) in [5.41, 5.74) is 2.27. The third kappa shape index (κ3) is 4.12. The van der Waals surface area contributed by atoms with Gasteiger partial charge in [-0.2, -0.15) is 0 Å². The van der Waals surface area contributed by atoms with Crippen molar-refractivity contribution in [2.45, 2.75) is 48.0 Å². The van der Waals surface area contributed by atoms with Crippen molar-refractivity contribution in [1.29, 1.82) is 0 Å². The summed E-state index contributed by atoms with van der Waals surface area (Å²) in [5, 5.41) is 1.16. The molecule has 3 rings (SSSR count). The van der Waals surface area contributed by atoms with Gasteiger partial charge in [0.2, 0.25) is 0 Å². The van der Waals surface area contributed by atoms with E-state index < -0.39 is 0 Å². The second kappa shape index (κ2) is 9.29. The van der Waals surface area contributed by atoms with Crippen LogP contribution in [0.25, 0.3) is 10.9 Å². The van der Waals surface area contributed by atoms with Gasteiger partial charge >= 0.3 is 0 Å². The fraction of sp³-hybridized carbons (Fsp3) is 0.526. The third-order valence-electron chi connectivity index (χ3n) is 3.30.